The molecule has 1 N–H and O–H groups in total. The molecule has 0 aliphatic heterocycles. The minimum atomic E-state index is -0.479. The second kappa shape index (κ2) is 5.68. The molecule has 0 aromatic heterocycles. The quantitative estimate of drug-likeness (QED) is 0.887. The highest BCUT2D eigenvalue weighted by atomic mass is 35.5. The first-order chi connectivity index (χ1) is 9.04. The molecule has 0 heterocycles. The zero-order valence-corrected chi connectivity index (χ0v) is 11.4. The zero-order chi connectivity index (χ0) is 14.0. The van der Waals surface area contributed by atoms with Crippen LogP contribution >= 0.6 is 11.6 Å². The third-order valence-corrected chi connectivity index (χ3v) is 3.43. The maximum absolute atomic E-state index is 14.1. The van der Waals surface area contributed by atoms with Crippen molar-refractivity contribution in [3.8, 4) is 0 Å². The second-order valence-corrected chi connectivity index (χ2v) is 4.77. The molecule has 0 amide bonds. The SMILES string of the molecule is CNC(c1cc(F)ccc1C)c1cccc(Cl)c1F. The molecule has 2 aromatic carbocycles. The van der Waals surface area contributed by atoms with E-state index in [2.05, 4.69) is 5.32 Å². The molecule has 1 unspecified atom stereocenters. The van der Waals surface area contributed by atoms with Gasteiger partial charge < -0.3 is 5.32 Å². The normalized spacial score (nSPS) is 12.5. The molecule has 19 heavy (non-hydrogen) atoms. The number of rotatable bonds is 3. The van der Waals surface area contributed by atoms with E-state index in [0.29, 0.717) is 11.1 Å². The Morgan fingerprint density at radius 2 is 1.84 bits per heavy atom. The molecular weight excluding hydrogens is 268 g/mol. The minimum absolute atomic E-state index is 0.0619. The summed E-state index contributed by atoms with van der Waals surface area (Å²) in [5, 5.41) is 3.07. The second-order valence-electron chi connectivity index (χ2n) is 4.37. The van der Waals surface area contributed by atoms with Gasteiger partial charge in [0.25, 0.3) is 0 Å². The summed E-state index contributed by atoms with van der Waals surface area (Å²) in [5.74, 6) is -0.824. The van der Waals surface area contributed by atoms with Gasteiger partial charge in [-0.05, 0) is 43.3 Å². The Kier molecular flexibility index (Phi) is 4.17. The molecular formula is C15H14ClF2N. The first kappa shape index (κ1) is 14.0. The average Bonchev–Trinajstić information content (AvgIpc) is 2.39. The highest BCUT2D eigenvalue weighted by Crippen LogP contribution is 2.29. The summed E-state index contributed by atoms with van der Waals surface area (Å²) in [7, 11) is 1.70. The van der Waals surface area contributed by atoms with Crippen molar-refractivity contribution < 1.29 is 8.78 Å². The number of nitrogens with one attached hydrogen (secondary N) is 1. The van der Waals surface area contributed by atoms with Crippen molar-refractivity contribution in [3.63, 3.8) is 0 Å². The van der Waals surface area contributed by atoms with E-state index in [1.54, 1.807) is 25.2 Å². The first-order valence-electron chi connectivity index (χ1n) is 5.92. The van der Waals surface area contributed by atoms with Crippen molar-refractivity contribution in [2.24, 2.45) is 0 Å². The van der Waals surface area contributed by atoms with Crippen LogP contribution in [-0.4, -0.2) is 7.05 Å². The van der Waals surface area contributed by atoms with Crippen LogP contribution in [0.3, 0.4) is 0 Å². The van der Waals surface area contributed by atoms with Gasteiger partial charge in [0.15, 0.2) is 0 Å². The summed E-state index contributed by atoms with van der Waals surface area (Å²) in [5.41, 5.74) is 1.99. The predicted octanol–water partition coefficient (Wildman–Crippen LogP) is 4.24. The first-order valence-corrected chi connectivity index (χ1v) is 6.29. The molecule has 2 aromatic rings. The van der Waals surface area contributed by atoms with Crippen LogP contribution in [0.2, 0.25) is 5.02 Å². The van der Waals surface area contributed by atoms with Gasteiger partial charge in [0.2, 0.25) is 0 Å². The van der Waals surface area contributed by atoms with Gasteiger partial charge in [-0.3, -0.25) is 0 Å². The Morgan fingerprint density at radius 1 is 1.11 bits per heavy atom. The lowest BCUT2D eigenvalue weighted by atomic mass is 9.94. The molecule has 100 valence electrons. The summed E-state index contributed by atoms with van der Waals surface area (Å²) >= 11 is 5.80. The smallest absolute Gasteiger partial charge is 0.146 e. The van der Waals surface area contributed by atoms with Crippen molar-refractivity contribution >= 4 is 11.6 Å². The van der Waals surface area contributed by atoms with Crippen LogP contribution in [0.5, 0.6) is 0 Å². The summed E-state index contributed by atoms with van der Waals surface area (Å²) in [6.45, 7) is 1.86. The van der Waals surface area contributed by atoms with Gasteiger partial charge in [-0.15, -0.1) is 0 Å². The van der Waals surface area contributed by atoms with Crippen LogP contribution in [0.4, 0.5) is 8.78 Å². The summed E-state index contributed by atoms with van der Waals surface area (Å²) in [6, 6.07) is 8.86. The third kappa shape index (κ3) is 2.77. The van der Waals surface area contributed by atoms with Crippen LogP contribution < -0.4 is 5.32 Å². The molecule has 0 aliphatic rings. The molecule has 1 atom stereocenters. The van der Waals surface area contributed by atoms with Gasteiger partial charge >= 0.3 is 0 Å². The lowest BCUT2D eigenvalue weighted by Gasteiger charge is -2.20. The Balaban J connectivity index is 2.56. The van der Waals surface area contributed by atoms with Crippen LogP contribution in [0.1, 0.15) is 22.7 Å². The molecule has 2 rings (SSSR count). The summed E-state index contributed by atoms with van der Waals surface area (Å²) in [4.78, 5) is 0. The van der Waals surface area contributed by atoms with Gasteiger partial charge in [0.1, 0.15) is 11.6 Å². The summed E-state index contributed by atoms with van der Waals surface area (Å²) in [6.07, 6.45) is 0. The molecule has 0 spiro atoms. The maximum Gasteiger partial charge on any atom is 0.146 e. The maximum atomic E-state index is 14.1. The highest BCUT2D eigenvalue weighted by molar-refractivity contribution is 6.30. The van der Waals surface area contributed by atoms with E-state index in [9.17, 15) is 8.78 Å². The Labute approximate surface area is 116 Å². The van der Waals surface area contributed by atoms with E-state index in [1.807, 2.05) is 6.92 Å². The topological polar surface area (TPSA) is 12.0 Å². The number of halogens is 3. The fourth-order valence-electron chi connectivity index (χ4n) is 2.14. The molecule has 0 bridgehead atoms. The Morgan fingerprint density at radius 3 is 2.53 bits per heavy atom. The fraction of sp³-hybridized carbons (Fsp3) is 0.200. The lowest BCUT2D eigenvalue weighted by Crippen LogP contribution is -2.20. The number of hydrogen-bond donors (Lipinski definition) is 1. The Bertz CT molecular complexity index is 597. The van der Waals surface area contributed by atoms with Gasteiger partial charge in [0.05, 0.1) is 11.1 Å². The minimum Gasteiger partial charge on any atom is -0.309 e. The van der Waals surface area contributed by atoms with Crippen LogP contribution in [0, 0.1) is 18.6 Å². The largest absolute Gasteiger partial charge is 0.309 e. The molecule has 0 saturated heterocycles. The standard InChI is InChI=1S/C15H14ClF2N/c1-9-6-7-10(17)8-12(9)15(19-2)11-4-3-5-13(16)14(11)18/h3-8,15,19H,1-2H3. The molecule has 0 radical (unpaired) electrons. The number of benzene rings is 2. The molecule has 0 saturated carbocycles. The van der Waals surface area contributed by atoms with Crippen LogP contribution in [0.25, 0.3) is 0 Å². The van der Waals surface area contributed by atoms with Gasteiger partial charge in [0, 0.05) is 5.56 Å². The van der Waals surface area contributed by atoms with Crippen molar-refractivity contribution in [1.82, 2.24) is 5.32 Å². The van der Waals surface area contributed by atoms with Gasteiger partial charge in [-0.2, -0.15) is 0 Å². The van der Waals surface area contributed by atoms with Crippen LogP contribution in [-0.2, 0) is 0 Å². The van der Waals surface area contributed by atoms with Crippen molar-refractivity contribution in [3.05, 3.63) is 69.7 Å². The van der Waals surface area contributed by atoms with E-state index in [-0.39, 0.29) is 10.8 Å². The predicted molar refractivity (Wildman–Crippen MR) is 73.4 cm³/mol. The number of aryl methyl sites for hydroxylation is 1. The average molecular weight is 282 g/mol. The molecule has 0 fully saturated rings. The van der Waals surface area contributed by atoms with E-state index in [4.69, 9.17) is 11.6 Å². The van der Waals surface area contributed by atoms with E-state index in [0.717, 1.165) is 5.56 Å². The van der Waals surface area contributed by atoms with Crippen molar-refractivity contribution in [2.75, 3.05) is 7.05 Å². The highest BCUT2D eigenvalue weighted by Gasteiger charge is 2.19. The Hall–Kier alpha value is -1.45. The van der Waals surface area contributed by atoms with Crippen LogP contribution in [0.15, 0.2) is 36.4 Å². The van der Waals surface area contributed by atoms with Crippen molar-refractivity contribution in [2.45, 2.75) is 13.0 Å². The number of hydrogen-bond acceptors (Lipinski definition) is 1. The van der Waals surface area contributed by atoms with Gasteiger partial charge in [-0.1, -0.05) is 29.8 Å². The monoisotopic (exact) mass is 281 g/mol. The van der Waals surface area contributed by atoms with Crippen molar-refractivity contribution in [1.29, 1.82) is 0 Å². The van der Waals surface area contributed by atoms with E-state index in [1.165, 1.54) is 18.2 Å². The van der Waals surface area contributed by atoms with Gasteiger partial charge in [-0.25, -0.2) is 8.78 Å². The zero-order valence-electron chi connectivity index (χ0n) is 10.7. The third-order valence-electron chi connectivity index (χ3n) is 3.13. The van der Waals surface area contributed by atoms with E-state index < -0.39 is 11.9 Å². The molecule has 1 nitrogen and oxygen atoms in total. The van der Waals surface area contributed by atoms with E-state index >= 15 is 0 Å². The molecule has 4 heteroatoms. The lowest BCUT2D eigenvalue weighted by molar-refractivity contribution is 0.570. The fourth-order valence-corrected chi connectivity index (χ4v) is 2.33. The summed E-state index contributed by atoms with van der Waals surface area (Å²) < 4.78 is 27.5. The molecule has 0 aliphatic carbocycles.